The van der Waals surface area contributed by atoms with Crippen LogP contribution in [0.2, 0.25) is 0 Å². The van der Waals surface area contributed by atoms with Crippen LogP contribution in [0.4, 0.5) is 0 Å². The Kier molecular flexibility index (Phi) is 2.45. The maximum atomic E-state index is 10.6. The Balaban J connectivity index is 1.70. The summed E-state index contributed by atoms with van der Waals surface area (Å²) in [5, 5.41) is 10.6. The maximum absolute atomic E-state index is 10.6. The minimum atomic E-state index is -0.125. The van der Waals surface area contributed by atoms with Crippen molar-refractivity contribution < 1.29 is 5.11 Å². The van der Waals surface area contributed by atoms with Gasteiger partial charge < -0.3 is 5.11 Å². The van der Waals surface area contributed by atoms with Crippen LogP contribution in [0.1, 0.15) is 45.6 Å². The van der Waals surface area contributed by atoms with E-state index >= 15 is 0 Å². The Morgan fingerprint density at radius 2 is 1.61 bits per heavy atom. The number of aliphatic hydroxyl groups is 1. The fourth-order valence-corrected chi connectivity index (χ4v) is 4.02. The molecule has 0 saturated heterocycles. The molecule has 2 saturated carbocycles. The zero-order chi connectivity index (χ0) is 13.1. The van der Waals surface area contributed by atoms with E-state index in [0.29, 0.717) is 17.8 Å². The van der Waals surface area contributed by atoms with Crippen molar-refractivity contribution in [1.82, 2.24) is 0 Å². The molecule has 1 aromatic carbocycles. The lowest BCUT2D eigenvalue weighted by Crippen LogP contribution is -2.17. The summed E-state index contributed by atoms with van der Waals surface area (Å²) in [6, 6.07) is 10.6. The second-order valence-electron chi connectivity index (χ2n) is 7.33. The Morgan fingerprint density at radius 3 is 2.11 bits per heavy atom. The van der Waals surface area contributed by atoms with Crippen molar-refractivity contribution in [2.24, 2.45) is 22.7 Å². The standard InChI is InChI=1S/C17H24O/c1-16(2)15(17(16,3)4)14(18)13-10-12(13)11-8-6-5-7-9-11/h5-9,12-15,18H,10H2,1-4H3. The molecule has 0 radical (unpaired) electrons. The highest BCUT2D eigenvalue weighted by molar-refractivity contribution is 5.28. The predicted molar refractivity (Wildman–Crippen MR) is 74.3 cm³/mol. The average molecular weight is 244 g/mol. The van der Waals surface area contributed by atoms with E-state index in [-0.39, 0.29) is 16.9 Å². The third-order valence-electron chi connectivity index (χ3n) is 5.98. The quantitative estimate of drug-likeness (QED) is 0.856. The van der Waals surface area contributed by atoms with Crippen LogP contribution in [-0.4, -0.2) is 11.2 Å². The summed E-state index contributed by atoms with van der Waals surface area (Å²) in [6.45, 7) is 9.17. The first-order valence-corrected chi connectivity index (χ1v) is 7.10. The molecule has 2 aliphatic carbocycles. The van der Waals surface area contributed by atoms with E-state index in [1.165, 1.54) is 5.56 Å². The van der Waals surface area contributed by atoms with E-state index in [1.54, 1.807) is 0 Å². The summed E-state index contributed by atoms with van der Waals surface area (Å²) in [5.74, 6) is 1.54. The van der Waals surface area contributed by atoms with Gasteiger partial charge in [0.2, 0.25) is 0 Å². The molecule has 2 aliphatic rings. The number of rotatable bonds is 3. The van der Waals surface area contributed by atoms with Crippen molar-refractivity contribution in [3.63, 3.8) is 0 Å². The molecule has 1 aromatic rings. The molecule has 3 unspecified atom stereocenters. The van der Waals surface area contributed by atoms with Crippen molar-refractivity contribution in [2.45, 2.75) is 46.1 Å². The van der Waals surface area contributed by atoms with E-state index < -0.39 is 0 Å². The molecule has 18 heavy (non-hydrogen) atoms. The molecule has 1 nitrogen and oxygen atoms in total. The van der Waals surface area contributed by atoms with E-state index in [1.807, 2.05) is 0 Å². The molecule has 0 spiro atoms. The third kappa shape index (κ3) is 1.56. The molecule has 1 heteroatoms. The lowest BCUT2D eigenvalue weighted by Gasteiger charge is -2.12. The van der Waals surface area contributed by atoms with Crippen LogP contribution in [0, 0.1) is 22.7 Å². The summed E-state index contributed by atoms with van der Waals surface area (Å²) in [7, 11) is 0. The van der Waals surface area contributed by atoms with Gasteiger partial charge in [0.1, 0.15) is 0 Å². The highest BCUT2D eigenvalue weighted by Gasteiger charge is 2.69. The Morgan fingerprint density at radius 1 is 1.06 bits per heavy atom. The van der Waals surface area contributed by atoms with Crippen molar-refractivity contribution >= 4 is 0 Å². The highest BCUT2D eigenvalue weighted by Crippen LogP contribution is 2.72. The van der Waals surface area contributed by atoms with Gasteiger partial charge in [-0.1, -0.05) is 58.0 Å². The molecular weight excluding hydrogens is 220 g/mol. The van der Waals surface area contributed by atoms with Crippen LogP contribution < -0.4 is 0 Å². The van der Waals surface area contributed by atoms with Crippen molar-refractivity contribution in [1.29, 1.82) is 0 Å². The zero-order valence-corrected chi connectivity index (χ0v) is 11.9. The molecular formula is C17H24O. The number of aliphatic hydroxyl groups excluding tert-OH is 1. The van der Waals surface area contributed by atoms with E-state index in [4.69, 9.17) is 0 Å². The summed E-state index contributed by atoms with van der Waals surface area (Å²) in [6.07, 6.45) is 1.04. The van der Waals surface area contributed by atoms with Crippen molar-refractivity contribution in [3.05, 3.63) is 35.9 Å². The smallest absolute Gasteiger partial charge is 0.0613 e. The number of benzene rings is 1. The Hall–Kier alpha value is -0.820. The molecule has 0 amide bonds. The van der Waals surface area contributed by atoms with Gasteiger partial charge in [-0.3, -0.25) is 0 Å². The average Bonchev–Trinajstić information content (AvgIpc) is 3.16. The van der Waals surface area contributed by atoms with Crippen LogP contribution >= 0.6 is 0 Å². The molecule has 3 atom stereocenters. The maximum Gasteiger partial charge on any atom is 0.0613 e. The second kappa shape index (κ2) is 3.60. The fourth-order valence-electron chi connectivity index (χ4n) is 4.02. The first-order valence-electron chi connectivity index (χ1n) is 7.10. The Bertz CT molecular complexity index is 432. The molecule has 0 aliphatic heterocycles. The first-order chi connectivity index (χ1) is 8.37. The second-order valence-corrected chi connectivity index (χ2v) is 7.33. The lowest BCUT2D eigenvalue weighted by molar-refractivity contribution is 0.105. The summed E-state index contributed by atoms with van der Waals surface area (Å²) in [5.41, 5.74) is 1.98. The molecule has 0 bridgehead atoms. The van der Waals surface area contributed by atoms with Crippen molar-refractivity contribution in [2.75, 3.05) is 0 Å². The van der Waals surface area contributed by atoms with Gasteiger partial charge in [-0.05, 0) is 40.6 Å². The van der Waals surface area contributed by atoms with Gasteiger partial charge >= 0.3 is 0 Å². The van der Waals surface area contributed by atoms with Gasteiger partial charge in [0.15, 0.2) is 0 Å². The normalized spacial score (nSPS) is 34.1. The highest BCUT2D eigenvalue weighted by atomic mass is 16.3. The first kappa shape index (κ1) is 12.2. The van der Waals surface area contributed by atoms with Gasteiger partial charge in [0, 0.05) is 0 Å². The fraction of sp³-hybridized carbons (Fsp3) is 0.647. The van der Waals surface area contributed by atoms with Gasteiger partial charge in [-0.25, -0.2) is 0 Å². The molecule has 3 rings (SSSR count). The Labute approximate surface area is 110 Å². The van der Waals surface area contributed by atoms with E-state index in [2.05, 4.69) is 58.0 Å². The number of hydrogen-bond donors (Lipinski definition) is 1. The van der Waals surface area contributed by atoms with Crippen LogP contribution in [0.25, 0.3) is 0 Å². The van der Waals surface area contributed by atoms with E-state index in [9.17, 15) is 5.11 Å². The van der Waals surface area contributed by atoms with Gasteiger partial charge in [-0.2, -0.15) is 0 Å². The molecule has 2 fully saturated rings. The number of hydrogen-bond acceptors (Lipinski definition) is 1. The lowest BCUT2D eigenvalue weighted by atomic mass is 9.99. The van der Waals surface area contributed by atoms with Crippen LogP contribution in [0.5, 0.6) is 0 Å². The van der Waals surface area contributed by atoms with Crippen molar-refractivity contribution in [3.8, 4) is 0 Å². The molecule has 1 N–H and O–H groups in total. The zero-order valence-electron chi connectivity index (χ0n) is 11.9. The topological polar surface area (TPSA) is 20.2 Å². The van der Waals surface area contributed by atoms with Gasteiger partial charge in [-0.15, -0.1) is 0 Å². The monoisotopic (exact) mass is 244 g/mol. The van der Waals surface area contributed by atoms with Gasteiger partial charge in [0.25, 0.3) is 0 Å². The van der Waals surface area contributed by atoms with E-state index in [0.717, 1.165) is 6.42 Å². The minimum absolute atomic E-state index is 0.125. The van der Waals surface area contributed by atoms with Crippen LogP contribution in [-0.2, 0) is 0 Å². The summed E-state index contributed by atoms with van der Waals surface area (Å²) in [4.78, 5) is 0. The van der Waals surface area contributed by atoms with Crippen LogP contribution in [0.15, 0.2) is 30.3 Å². The SMILES string of the molecule is CC1(C)C(C(O)C2CC2c2ccccc2)C1(C)C. The molecule has 98 valence electrons. The molecule has 0 heterocycles. The van der Waals surface area contributed by atoms with Crippen LogP contribution in [0.3, 0.4) is 0 Å². The van der Waals surface area contributed by atoms with Gasteiger partial charge in [0.05, 0.1) is 6.10 Å². The third-order valence-corrected chi connectivity index (χ3v) is 5.98. The summed E-state index contributed by atoms with van der Waals surface area (Å²) < 4.78 is 0. The minimum Gasteiger partial charge on any atom is -0.392 e. The predicted octanol–water partition coefficient (Wildman–Crippen LogP) is 3.83. The molecule has 0 aromatic heterocycles. The summed E-state index contributed by atoms with van der Waals surface area (Å²) >= 11 is 0. The largest absolute Gasteiger partial charge is 0.392 e.